The summed E-state index contributed by atoms with van der Waals surface area (Å²) in [4.78, 5) is 26.8. The Bertz CT molecular complexity index is 868. The SMILES string of the molecule is Cc1ccc(C(=O)N(Cc2cccs2)c2ccc(C(=O)O)cc2)cc1. The summed E-state index contributed by atoms with van der Waals surface area (Å²) < 4.78 is 0. The van der Waals surface area contributed by atoms with E-state index in [9.17, 15) is 9.59 Å². The topological polar surface area (TPSA) is 57.6 Å². The van der Waals surface area contributed by atoms with E-state index >= 15 is 0 Å². The molecular weight excluding hydrogens is 334 g/mol. The first-order valence-electron chi connectivity index (χ1n) is 7.79. The van der Waals surface area contributed by atoms with Crippen LogP contribution >= 0.6 is 11.3 Å². The van der Waals surface area contributed by atoms with E-state index in [0.717, 1.165) is 10.4 Å². The van der Waals surface area contributed by atoms with Crippen molar-refractivity contribution < 1.29 is 14.7 Å². The minimum atomic E-state index is -0.985. The molecule has 1 N–H and O–H groups in total. The van der Waals surface area contributed by atoms with Crippen LogP contribution in [0.5, 0.6) is 0 Å². The van der Waals surface area contributed by atoms with Gasteiger partial charge in [0.15, 0.2) is 0 Å². The van der Waals surface area contributed by atoms with Crippen LogP contribution in [-0.4, -0.2) is 17.0 Å². The van der Waals surface area contributed by atoms with E-state index in [2.05, 4.69) is 0 Å². The molecule has 5 heteroatoms. The number of nitrogens with zero attached hydrogens (tertiary/aromatic N) is 1. The van der Waals surface area contributed by atoms with Crippen molar-refractivity contribution in [2.75, 3.05) is 4.90 Å². The van der Waals surface area contributed by atoms with Gasteiger partial charge in [0.25, 0.3) is 5.91 Å². The fourth-order valence-corrected chi connectivity index (χ4v) is 3.17. The number of benzene rings is 2. The van der Waals surface area contributed by atoms with Crippen molar-refractivity contribution in [1.82, 2.24) is 0 Å². The summed E-state index contributed by atoms with van der Waals surface area (Å²) in [6, 6.07) is 17.7. The molecule has 2 aromatic carbocycles. The van der Waals surface area contributed by atoms with Crippen molar-refractivity contribution in [2.45, 2.75) is 13.5 Å². The van der Waals surface area contributed by atoms with E-state index in [1.807, 2.05) is 48.7 Å². The number of aromatic carboxylic acids is 1. The summed E-state index contributed by atoms with van der Waals surface area (Å²) in [6.45, 7) is 2.42. The van der Waals surface area contributed by atoms with Crippen LogP contribution in [0.4, 0.5) is 5.69 Å². The lowest BCUT2D eigenvalue weighted by atomic mass is 10.1. The molecule has 126 valence electrons. The summed E-state index contributed by atoms with van der Waals surface area (Å²) in [5.41, 5.74) is 2.56. The summed E-state index contributed by atoms with van der Waals surface area (Å²) in [5, 5.41) is 11.0. The highest BCUT2D eigenvalue weighted by atomic mass is 32.1. The number of carbonyl (C=O) groups is 2. The largest absolute Gasteiger partial charge is 0.478 e. The molecule has 25 heavy (non-hydrogen) atoms. The Labute approximate surface area is 150 Å². The van der Waals surface area contributed by atoms with Crippen molar-refractivity contribution in [3.05, 3.63) is 87.6 Å². The quantitative estimate of drug-likeness (QED) is 0.731. The van der Waals surface area contributed by atoms with Crippen LogP contribution in [0, 0.1) is 6.92 Å². The van der Waals surface area contributed by atoms with E-state index in [0.29, 0.717) is 17.8 Å². The number of carboxylic acid groups (broad SMARTS) is 1. The van der Waals surface area contributed by atoms with Crippen LogP contribution in [0.2, 0.25) is 0 Å². The van der Waals surface area contributed by atoms with Gasteiger partial charge >= 0.3 is 5.97 Å². The van der Waals surface area contributed by atoms with Gasteiger partial charge in [0.2, 0.25) is 0 Å². The molecule has 1 heterocycles. The molecule has 0 saturated heterocycles. The lowest BCUT2D eigenvalue weighted by Gasteiger charge is -2.22. The smallest absolute Gasteiger partial charge is 0.335 e. The van der Waals surface area contributed by atoms with Gasteiger partial charge < -0.3 is 10.0 Å². The van der Waals surface area contributed by atoms with E-state index in [4.69, 9.17) is 5.11 Å². The van der Waals surface area contributed by atoms with E-state index in [1.165, 1.54) is 12.1 Å². The van der Waals surface area contributed by atoms with Crippen LogP contribution in [-0.2, 0) is 6.54 Å². The summed E-state index contributed by atoms with van der Waals surface area (Å²) in [5.74, 6) is -1.10. The number of rotatable bonds is 5. The number of carboxylic acids is 1. The zero-order valence-corrected chi connectivity index (χ0v) is 14.5. The molecule has 0 aliphatic rings. The third-order valence-corrected chi connectivity index (χ3v) is 4.72. The lowest BCUT2D eigenvalue weighted by Crippen LogP contribution is -2.30. The maximum atomic E-state index is 13.0. The second-order valence-corrected chi connectivity index (χ2v) is 6.72. The van der Waals surface area contributed by atoms with Crippen LogP contribution in [0.1, 0.15) is 31.2 Å². The Morgan fingerprint density at radius 2 is 1.60 bits per heavy atom. The molecule has 1 aromatic heterocycles. The molecule has 0 atom stereocenters. The van der Waals surface area contributed by atoms with Gasteiger partial charge in [-0.2, -0.15) is 0 Å². The number of carbonyl (C=O) groups excluding carboxylic acids is 1. The number of amides is 1. The Morgan fingerprint density at radius 3 is 2.16 bits per heavy atom. The molecule has 0 fully saturated rings. The maximum absolute atomic E-state index is 13.0. The third-order valence-electron chi connectivity index (χ3n) is 3.86. The molecule has 4 nitrogen and oxygen atoms in total. The summed E-state index contributed by atoms with van der Waals surface area (Å²) in [6.07, 6.45) is 0. The first kappa shape index (κ1) is 16.9. The number of hydrogen-bond donors (Lipinski definition) is 1. The average molecular weight is 351 g/mol. The van der Waals surface area contributed by atoms with Crippen molar-refractivity contribution in [3.8, 4) is 0 Å². The van der Waals surface area contributed by atoms with E-state index in [-0.39, 0.29) is 11.5 Å². The van der Waals surface area contributed by atoms with Crippen molar-refractivity contribution in [1.29, 1.82) is 0 Å². The Balaban J connectivity index is 1.95. The van der Waals surface area contributed by atoms with Crippen LogP contribution < -0.4 is 4.90 Å². The first-order valence-corrected chi connectivity index (χ1v) is 8.67. The molecule has 1 amide bonds. The average Bonchev–Trinajstić information content (AvgIpc) is 3.13. The van der Waals surface area contributed by atoms with Gasteiger partial charge in [-0.25, -0.2) is 4.79 Å². The first-order chi connectivity index (χ1) is 12.0. The van der Waals surface area contributed by atoms with Crippen LogP contribution in [0.15, 0.2) is 66.0 Å². The summed E-state index contributed by atoms with van der Waals surface area (Å²) >= 11 is 1.58. The molecule has 0 radical (unpaired) electrons. The number of hydrogen-bond acceptors (Lipinski definition) is 3. The van der Waals surface area contributed by atoms with Gasteiger partial charge in [0, 0.05) is 16.1 Å². The molecule has 0 aliphatic carbocycles. The minimum Gasteiger partial charge on any atom is -0.478 e. The highest BCUT2D eigenvalue weighted by molar-refractivity contribution is 7.09. The van der Waals surface area contributed by atoms with Gasteiger partial charge in [-0.1, -0.05) is 23.8 Å². The van der Waals surface area contributed by atoms with Crippen molar-refractivity contribution >= 4 is 28.9 Å². The Kier molecular flexibility index (Phi) is 4.95. The Hall–Kier alpha value is -2.92. The van der Waals surface area contributed by atoms with Gasteiger partial charge in [0.05, 0.1) is 12.1 Å². The van der Waals surface area contributed by atoms with Crippen LogP contribution in [0.25, 0.3) is 0 Å². The van der Waals surface area contributed by atoms with Gasteiger partial charge in [-0.05, 0) is 54.8 Å². The fourth-order valence-electron chi connectivity index (χ4n) is 2.47. The normalized spacial score (nSPS) is 10.4. The predicted octanol–water partition coefficient (Wildman–Crippen LogP) is 4.60. The van der Waals surface area contributed by atoms with Gasteiger partial charge in [-0.3, -0.25) is 4.79 Å². The van der Waals surface area contributed by atoms with Crippen molar-refractivity contribution in [2.24, 2.45) is 0 Å². The monoisotopic (exact) mass is 351 g/mol. The van der Waals surface area contributed by atoms with Gasteiger partial charge in [-0.15, -0.1) is 11.3 Å². The molecule has 3 aromatic rings. The second-order valence-electron chi connectivity index (χ2n) is 5.69. The van der Waals surface area contributed by atoms with Crippen molar-refractivity contribution in [3.63, 3.8) is 0 Å². The predicted molar refractivity (Wildman–Crippen MR) is 99.4 cm³/mol. The minimum absolute atomic E-state index is 0.114. The zero-order chi connectivity index (χ0) is 17.8. The molecule has 3 rings (SSSR count). The molecule has 0 spiro atoms. The van der Waals surface area contributed by atoms with E-state index < -0.39 is 5.97 Å². The lowest BCUT2D eigenvalue weighted by molar-refractivity contribution is 0.0696. The second kappa shape index (κ2) is 7.32. The fraction of sp³-hybridized carbons (Fsp3) is 0.100. The van der Waals surface area contributed by atoms with Crippen LogP contribution in [0.3, 0.4) is 0 Å². The number of aryl methyl sites for hydroxylation is 1. The van der Waals surface area contributed by atoms with E-state index in [1.54, 1.807) is 28.4 Å². The number of thiophene rings is 1. The molecule has 0 saturated carbocycles. The highest BCUT2D eigenvalue weighted by Crippen LogP contribution is 2.23. The third kappa shape index (κ3) is 3.95. The molecule has 0 aliphatic heterocycles. The number of anilines is 1. The zero-order valence-electron chi connectivity index (χ0n) is 13.7. The van der Waals surface area contributed by atoms with Gasteiger partial charge in [0.1, 0.15) is 0 Å². The Morgan fingerprint density at radius 1 is 0.960 bits per heavy atom. The summed E-state index contributed by atoms with van der Waals surface area (Å²) in [7, 11) is 0. The standard InChI is InChI=1S/C20H17NO3S/c1-14-4-6-15(7-5-14)19(22)21(13-18-3-2-12-25-18)17-10-8-16(9-11-17)20(23)24/h2-12H,13H2,1H3,(H,23,24). The maximum Gasteiger partial charge on any atom is 0.335 e. The highest BCUT2D eigenvalue weighted by Gasteiger charge is 2.19. The molecule has 0 bridgehead atoms. The molecule has 0 unspecified atom stereocenters. The molecular formula is C20H17NO3S.